The molecule has 5 aromatic carbocycles. The van der Waals surface area contributed by atoms with Crippen LogP contribution in [-0.2, 0) is 56.3 Å². The van der Waals surface area contributed by atoms with Crippen LogP contribution in [0.3, 0.4) is 0 Å². The molecule has 1 amide bonds. The molecule has 1 N–H and O–H groups in total. The summed E-state index contributed by atoms with van der Waals surface area (Å²) in [5, 5.41) is 10.6. The molecule has 15 heteroatoms. The number of likely N-dealkylation sites (N-methyl/N-ethyl adjacent to an activating group) is 3. The molecule has 480 valence electrons. The number of para-hydroxylation sites is 1. The summed E-state index contributed by atoms with van der Waals surface area (Å²) in [7, 11) is 11.7. The van der Waals surface area contributed by atoms with Crippen LogP contribution < -0.4 is 33.3 Å². The molecule has 4 saturated heterocycles. The summed E-state index contributed by atoms with van der Waals surface area (Å²) in [6.45, 7) is 8.33. The first-order valence-electron chi connectivity index (χ1n) is 34.0. The molecule has 6 fully saturated rings. The number of amides is 1. The normalized spacial score (nSPS) is 32.9. The predicted octanol–water partition coefficient (Wildman–Crippen LogP) is 9.50. The van der Waals surface area contributed by atoms with Gasteiger partial charge in [-0.15, -0.1) is 0 Å². The summed E-state index contributed by atoms with van der Waals surface area (Å²) < 4.78 is 35.4. The van der Waals surface area contributed by atoms with Crippen molar-refractivity contribution in [3.63, 3.8) is 0 Å². The van der Waals surface area contributed by atoms with Crippen LogP contribution in [0.5, 0.6) is 34.5 Å². The van der Waals surface area contributed by atoms with Crippen LogP contribution in [-0.4, -0.2) is 173 Å². The standard InChI is InChI=1S/C22H28N2O.3C18H21NO3/c1-2-22(25)24(20-11-7-4-8-12-20)21-14-17-23(18-15-21)16-13-19-9-5-3-6-10-19;3*1-19-8-7-18-11-4-5-13(20)17(18)22-16-14(21-2)6-3-10(15(16)18)9-12(11)19/h3-12,21H,2,13-18H2,1H3;2*3,6,11-12,17H,4-5,7-9H2,1-2H3;3-6,11-13,17,20H,7-9H2,1-2H3/t;2*11-,12+,17-,18-;11-,12+,13-,17-,18-/m.000/s1. The average molecular weight is 1230 g/mol. The van der Waals surface area contributed by atoms with Gasteiger partial charge in [0.1, 0.15) is 12.2 Å². The molecule has 3 spiro atoms. The highest BCUT2D eigenvalue weighted by molar-refractivity contribution is 5.94. The second-order valence-corrected chi connectivity index (χ2v) is 28.4. The molecular weight excluding hydrogens is 1140 g/mol. The molecule has 0 radical (unpaired) electrons. The van der Waals surface area contributed by atoms with Gasteiger partial charge in [-0.1, -0.05) is 85.8 Å². The van der Waals surface area contributed by atoms with E-state index in [9.17, 15) is 19.5 Å². The number of aliphatic hydroxyl groups is 1. The van der Waals surface area contributed by atoms with Gasteiger partial charge < -0.3 is 58.0 Å². The monoisotopic (exact) mass is 1230 g/mol. The number of methoxy groups -OCH3 is 3. The van der Waals surface area contributed by atoms with Crippen molar-refractivity contribution < 1.29 is 47.9 Å². The van der Waals surface area contributed by atoms with Crippen LogP contribution in [0.2, 0.25) is 0 Å². The van der Waals surface area contributed by atoms with Crippen molar-refractivity contribution in [2.75, 3.05) is 86.6 Å². The van der Waals surface area contributed by atoms with E-state index in [4.69, 9.17) is 28.4 Å². The number of Topliss-reactive ketones (excluding diaryl/α,β-unsaturated/α-hetero) is 2. The molecule has 13 aliphatic rings. The maximum atomic E-state index is 12.6. The summed E-state index contributed by atoms with van der Waals surface area (Å²) in [6.07, 6.45) is 16.2. The highest BCUT2D eigenvalue weighted by Crippen LogP contribution is 2.66. The SMILES string of the molecule is CCC(=O)N(c1ccccc1)C1CCN(CCc2ccccc2)CC1.COc1ccc2c3c1O[C@H]1C(=O)CC[C@H]4[C@@H](C2)N(C)CC[C@]314.COc1ccc2c3c1O[C@H]1C(=O)CC[C@H]4[C@@H](C2)N(C)CC[C@]314.COc1ccc2c3c1O[C@H]1[C@@H](O)C=C[C@H]4[C@@H](C2)N(C)CC[C@@]341. The predicted molar refractivity (Wildman–Crippen MR) is 349 cm³/mol. The minimum absolute atomic E-state index is 0.0806. The number of aliphatic hydroxyl groups excluding tert-OH is 1. The minimum atomic E-state index is -0.539. The zero-order chi connectivity index (χ0) is 62.7. The van der Waals surface area contributed by atoms with E-state index in [0.717, 1.165) is 150 Å². The summed E-state index contributed by atoms with van der Waals surface area (Å²) >= 11 is 0. The lowest BCUT2D eigenvalue weighted by Crippen LogP contribution is -2.65. The number of carbonyl (C=O) groups excluding carboxylic acids is 3. The third-order valence-electron chi connectivity index (χ3n) is 24.6. The Morgan fingerprint density at radius 3 is 1.54 bits per heavy atom. The molecule has 0 unspecified atom stereocenters. The van der Waals surface area contributed by atoms with E-state index in [1.807, 2.05) is 54.3 Å². The number of ketones is 2. The molecule has 6 aliphatic carbocycles. The maximum Gasteiger partial charge on any atom is 0.226 e. The van der Waals surface area contributed by atoms with Gasteiger partial charge in [-0.25, -0.2) is 0 Å². The van der Waals surface area contributed by atoms with Gasteiger partial charge in [0.15, 0.2) is 58.3 Å². The van der Waals surface area contributed by atoms with Gasteiger partial charge in [0.2, 0.25) is 5.91 Å². The number of likely N-dealkylation sites (tertiary alicyclic amines) is 4. The number of rotatable bonds is 9. The Morgan fingerprint density at radius 2 is 1.03 bits per heavy atom. The van der Waals surface area contributed by atoms with E-state index >= 15 is 0 Å². The van der Waals surface area contributed by atoms with Gasteiger partial charge >= 0.3 is 0 Å². The fourth-order valence-corrected chi connectivity index (χ4v) is 20.4. The first-order valence-corrected chi connectivity index (χ1v) is 34.0. The Kier molecular flexibility index (Phi) is 15.7. The first kappa shape index (κ1) is 60.5. The smallest absolute Gasteiger partial charge is 0.226 e. The van der Waals surface area contributed by atoms with Crippen LogP contribution >= 0.6 is 0 Å². The molecule has 6 bridgehead atoms. The largest absolute Gasteiger partial charge is 0.493 e. The van der Waals surface area contributed by atoms with Gasteiger partial charge in [0.05, 0.1) is 21.3 Å². The van der Waals surface area contributed by atoms with Crippen molar-refractivity contribution in [1.82, 2.24) is 19.6 Å². The van der Waals surface area contributed by atoms with Crippen molar-refractivity contribution >= 4 is 23.2 Å². The molecule has 18 rings (SSSR count). The molecule has 0 aromatic heterocycles. The molecule has 5 aromatic rings. The van der Waals surface area contributed by atoms with Crippen molar-refractivity contribution in [3.05, 3.63) is 148 Å². The molecular formula is C76H91N5O10. The Balaban J connectivity index is 0.000000101. The lowest BCUT2D eigenvalue weighted by molar-refractivity contribution is -0.138. The van der Waals surface area contributed by atoms with E-state index < -0.39 is 6.10 Å². The fraction of sp³-hybridized carbons (Fsp3) is 0.539. The Bertz CT molecular complexity index is 3510. The number of anilines is 1. The number of hydrogen-bond donors (Lipinski definition) is 1. The fourth-order valence-electron chi connectivity index (χ4n) is 20.4. The first-order chi connectivity index (χ1) is 44.3. The number of carbonyl (C=O) groups is 3. The van der Waals surface area contributed by atoms with Gasteiger partial charge in [0.25, 0.3) is 0 Å². The second-order valence-electron chi connectivity index (χ2n) is 28.4. The minimum Gasteiger partial charge on any atom is -0.493 e. The van der Waals surface area contributed by atoms with E-state index in [2.05, 4.69) is 107 Å². The topological polar surface area (TPSA) is 143 Å². The molecule has 2 saturated carbocycles. The highest BCUT2D eigenvalue weighted by Gasteiger charge is 2.68. The van der Waals surface area contributed by atoms with E-state index in [-0.39, 0.29) is 52.0 Å². The van der Waals surface area contributed by atoms with Gasteiger partial charge in [-0.2, -0.15) is 0 Å². The van der Waals surface area contributed by atoms with E-state index in [1.54, 1.807) is 21.3 Å². The summed E-state index contributed by atoms with van der Waals surface area (Å²) in [4.78, 5) is 49.8. The van der Waals surface area contributed by atoms with Crippen LogP contribution in [0, 0.1) is 17.8 Å². The molecule has 7 heterocycles. The number of benzene rings is 5. The van der Waals surface area contributed by atoms with Crippen LogP contribution in [0.4, 0.5) is 5.69 Å². The molecule has 15 nitrogen and oxygen atoms in total. The van der Waals surface area contributed by atoms with Gasteiger partial charge in [-0.05, 0) is 176 Å². The van der Waals surface area contributed by atoms with Crippen molar-refractivity contribution in [3.8, 4) is 34.5 Å². The summed E-state index contributed by atoms with van der Waals surface area (Å²) in [5.74, 6) is 7.24. The Morgan fingerprint density at radius 1 is 0.571 bits per heavy atom. The molecule has 13 atom stereocenters. The molecule has 91 heavy (non-hydrogen) atoms. The van der Waals surface area contributed by atoms with Crippen molar-refractivity contribution in [1.29, 1.82) is 0 Å². The lowest BCUT2D eigenvalue weighted by atomic mass is 9.52. The van der Waals surface area contributed by atoms with Gasteiger partial charge in [0, 0.05) is 108 Å². The lowest BCUT2D eigenvalue weighted by Gasteiger charge is -2.57. The van der Waals surface area contributed by atoms with E-state index in [0.29, 0.717) is 61.2 Å². The molecule has 7 aliphatic heterocycles. The quantitative estimate of drug-likeness (QED) is 0.140. The van der Waals surface area contributed by atoms with Gasteiger partial charge in [-0.3, -0.25) is 14.4 Å². The van der Waals surface area contributed by atoms with Crippen LogP contribution in [0.25, 0.3) is 0 Å². The third kappa shape index (κ3) is 9.36. The zero-order valence-corrected chi connectivity index (χ0v) is 54.2. The van der Waals surface area contributed by atoms with E-state index in [1.165, 1.54) is 38.9 Å². The number of nitrogens with zero attached hydrogens (tertiary/aromatic N) is 5. The Hall–Kier alpha value is -6.75. The average Bonchev–Trinajstić information content (AvgIpc) is 1.65. The number of hydrogen-bond acceptors (Lipinski definition) is 14. The maximum absolute atomic E-state index is 12.6. The summed E-state index contributed by atoms with van der Waals surface area (Å²) in [5.41, 5.74) is 10.2. The number of ether oxygens (including phenoxy) is 6. The van der Waals surface area contributed by atoms with Crippen LogP contribution in [0.15, 0.2) is 109 Å². The van der Waals surface area contributed by atoms with Crippen molar-refractivity contribution in [2.45, 2.75) is 162 Å². The second kappa shape index (κ2) is 23.7. The van der Waals surface area contributed by atoms with Crippen molar-refractivity contribution in [2.24, 2.45) is 17.8 Å². The third-order valence-corrected chi connectivity index (χ3v) is 24.6. The zero-order valence-electron chi connectivity index (χ0n) is 54.2. The Labute approximate surface area is 536 Å². The summed E-state index contributed by atoms with van der Waals surface area (Å²) in [6, 6.07) is 35.3. The number of piperidine rings is 4. The highest BCUT2D eigenvalue weighted by atomic mass is 16.5. The van der Waals surface area contributed by atoms with Crippen LogP contribution in [0.1, 0.15) is 110 Å².